The molecule has 0 aromatic carbocycles. The average molecular weight is 340 g/mol. The van der Waals surface area contributed by atoms with Gasteiger partial charge in [0, 0.05) is 19.2 Å². The zero-order valence-corrected chi connectivity index (χ0v) is 14.3. The quantitative estimate of drug-likeness (QED) is 0.760. The van der Waals surface area contributed by atoms with Gasteiger partial charge in [-0.2, -0.15) is 5.10 Å². The van der Waals surface area contributed by atoms with Crippen molar-refractivity contribution in [3.05, 3.63) is 32.0 Å². The van der Waals surface area contributed by atoms with Gasteiger partial charge in [0.1, 0.15) is 14.9 Å². The Labute approximate surface area is 127 Å². The largest absolute Gasteiger partial charge is 0.333 e. The molecule has 0 aliphatic carbocycles. The molecule has 0 aliphatic rings. The number of aromatic nitrogens is 3. The van der Waals surface area contributed by atoms with Gasteiger partial charge in [-0.3, -0.25) is 4.68 Å². The SMILES string of the molecule is CCn1nc(-c2c(C)cc(C)c(=S)n2C)c(C)c1Br. The molecule has 0 spiro atoms. The molecule has 0 radical (unpaired) electrons. The van der Waals surface area contributed by atoms with Crippen LogP contribution in [0, 0.1) is 25.4 Å². The topological polar surface area (TPSA) is 22.8 Å². The van der Waals surface area contributed by atoms with E-state index in [0.717, 1.165) is 38.3 Å². The molecule has 0 atom stereocenters. The first-order valence-corrected chi connectivity index (χ1v) is 7.49. The summed E-state index contributed by atoms with van der Waals surface area (Å²) in [6, 6.07) is 2.13. The van der Waals surface area contributed by atoms with Gasteiger partial charge in [-0.25, -0.2) is 0 Å². The second-order valence-electron chi connectivity index (χ2n) is 4.80. The molecule has 0 fully saturated rings. The van der Waals surface area contributed by atoms with Gasteiger partial charge in [0.05, 0.1) is 5.69 Å². The molecule has 2 aromatic rings. The van der Waals surface area contributed by atoms with E-state index < -0.39 is 0 Å². The first kappa shape index (κ1) is 14.5. The van der Waals surface area contributed by atoms with Crippen LogP contribution in [-0.4, -0.2) is 14.3 Å². The van der Waals surface area contributed by atoms with Crippen molar-refractivity contribution in [2.75, 3.05) is 0 Å². The number of aryl methyl sites for hydroxylation is 3. The highest BCUT2D eigenvalue weighted by atomic mass is 79.9. The summed E-state index contributed by atoms with van der Waals surface area (Å²) in [4.78, 5) is 0. The van der Waals surface area contributed by atoms with Crippen LogP contribution in [0.2, 0.25) is 0 Å². The summed E-state index contributed by atoms with van der Waals surface area (Å²) in [5, 5.41) is 4.69. The van der Waals surface area contributed by atoms with Gasteiger partial charge in [0.2, 0.25) is 0 Å². The predicted molar refractivity (Wildman–Crippen MR) is 85.1 cm³/mol. The lowest BCUT2D eigenvalue weighted by molar-refractivity contribution is 0.645. The molecule has 2 aromatic heterocycles. The van der Waals surface area contributed by atoms with Gasteiger partial charge in [0.15, 0.2) is 0 Å². The maximum atomic E-state index is 5.47. The molecule has 5 heteroatoms. The van der Waals surface area contributed by atoms with Crippen LogP contribution in [0.4, 0.5) is 0 Å². The van der Waals surface area contributed by atoms with Crippen molar-refractivity contribution in [1.82, 2.24) is 14.3 Å². The van der Waals surface area contributed by atoms with E-state index in [-0.39, 0.29) is 0 Å². The van der Waals surface area contributed by atoms with Crippen LogP contribution in [0.5, 0.6) is 0 Å². The van der Waals surface area contributed by atoms with Crippen molar-refractivity contribution in [3.8, 4) is 11.4 Å². The lowest BCUT2D eigenvalue weighted by Crippen LogP contribution is -2.04. The van der Waals surface area contributed by atoms with Crippen LogP contribution in [0.3, 0.4) is 0 Å². The third-order valence-electron chi connectivity index (χ3n) is 3.42. The van der Waals surface area contributed by atoms with Crippen LogP contribution >= 0.6 is 28.1 Å². The lowest BCUT2D eigenvalue weighted by atomic mass is 10.1. The number of pyridine rings is 1. The summed E-state index contributed by atoms with van der Waals surface area (Å²) in [6.07, 6.45) is 0. The average Bonchev–Trinajstić information content (AvgIpc) is 2.64. The van der Waals surface area contributed by atoms with Gasteiger partial charge in [-0.05, 0) is 54.8 Å². The molecule has 0 aliphatic heterocycles. The standard InChI is InChI=1S/C14H18BrN3S/c1-6-18-13(15)10(4)11(16-18)12-8(2)7-9(3)14(19)17(12)5/h7H,6H2,1-5H3. The zero-order chi connectivity index (χ0) is 14.3. The molecule has 0 N–H and O–H groups in total. The van der Waals surface area contributed by atoms with Gasteiger partial charge in [-0.1, -0.05) is 18.3 Å². The second-order valence-corrected chi connectivity index (χ2v) is 5.94. The summed E-state index contributed by atoms with van der Waals surface area (Å²) in [6.45, 7) is 9.17. The molecule has 2 heterocycles. The Morgan fingerprint density at radius 3 is 2.42 bits per heavy atom. The molecular formula is C14H18BrN3S. The Morgan fingerprint density at radius 1 is 1.26 bits per heavy atom. The highest BCUT2D eigenvalue weighted by Crippen LogP contribution is 2.30. The second kappa shape index (κ2) is 5.21. The predicted octanol–water partition coefficient (Wildman–Crippen LogP) is 4.33. The third kappa shape index (κ3) is 2.30. The molecule has 102 valence electrons. The van der Waals surface area contributed by atoms with E-state index in [4.69, 9.17) is 17.3 Å². The highest BCUT2D eigenvalue weighted by molar-refractivity contribution is 9.10. The highest BCUT2D eigenvalue weighted by Gasteiger charge is 2.17. The fourth-order valence-electron chi connectivity index (χ4n) is 2.40. The van der Waals surface area contributed by atoms with E-state index in [1.807, 2.05) is 18.7 Å². The summed E-state index contributed by atoms with van der Waals surface area (Å²) >= 11 is 9.08. The Bertz CT molecular complexity index is 698. The minimum Gasteiger partial charge on any atom is -0.333 e. The molecule has 3 nitrogen and oxygen atoms in total. The van der Waals surface area contributed by atoms with Crippen LogP contribution in [0.15, 0.2) is 10.7 Å². The minimum atomic E-state index is 0.844. The number of hydrogen-bond donors (Lipinski definition) is 0. The Hall–Kier alpha value is -0.940. The van der Waals surface area contributed by atoms with E-state index in [0.29, 0.717) is 0 Å². The van der Waals surface area contributed by atoms with Crippen molar-refractivity contribution in [1.29, 1.82) is 0 Å². The van der Waals surface area contributed by atoms with Crippen molar-refractivity contribution in [2.24, 2.45) is 7.05 Å². The van der Waals surface area contributed by atoms with E-state index >= 15 is 0 Å². The van der Waals surface area contributed by atoms with Gasteiger partial charge < -0.3 is 4.57 Å². The van der Waals surface area contributed by atoms with Gasteiger partial charge >= 0.3 is 0 Å². The fraction of sp³-hybridized carbons (Fsp3) is 0.429. The molecule has 0 unspecified atom stereocenters. The number of halogens is 1. The molecular weight excluding hydrogens is 322 g/mol. The smallest absolute Gasteiger partial charge is 0.113 e. The minimum absolute atomic E-state index is 0.844. The molecule has 0 saturated carbocycles. The summed E-state index contributed by atoms with van der Waals surface area (Å²) in [7, 11) is 2.01. The molecule has 0 amide bonds. The van der Waals surface area contributed by atoms with E-state index in [2.05, 4.69) is 47.3 Å². The Morgan fingerprint density at radius 2 is 1.89 bits per heavy atom. The molecule has 2 rings (SSSR count). The van der Waals surface area contributed by atoms with E-state index in [1.54, 1.807) is 0 Å². The summed E-state index contributed by atoms with van der Waals surface area (Å²) < 4.78 is 5.92. The van der Waals surface area contributed by atoms with Crippen LogP contribution in [-0.2, 0) is 13.6 Å². The number of hydrogen-bond acceptors (Lipinski definition) is 2. The van der Waals surface area contributed by atoms with Gasteiger partial charge in [0.25, 0.3) is 0 Å². The monoisotopic (exact) mass is 339 g/mol. The third-order valence-corrected chi connectivity index (χ3v) is 5.02. The normalized spacial score (nSPS) is 11.1. The van der Waals surface area contributed by atoms with Crippen LogP contribution < -0.4 is 0 Å². The molecule has 19 heavy (non-hydrogen) atoms. The van der Waals surface area contributed by atoms with Crippen molar-refractivity contribution < 1.29 is 0 Å². The Balaban J connectivity index is 2.80. The van der Waals surface area contributed by atoms with E-state index in [1.165, 1.54) is 5.56 Å². The number of rotatable bonds is 2. The summed E-state index contributed by atoms with van der Waals surface area (Å²) in [5.74, 6) is 0. The van der Waals surface area contributed by atoms with Crippen molar-refractivity contribution in [3.63, 3.8) is 0 Å². The first-order chi connectivity index (χ1) is 8.88. The molecule has 0 saturated heterocycles. The number of nitrogens with zero attached hydrogens (tertiary/aromatic N) is 3. The van der Waals surface area contributed by atoms with Crippen LogP contribution in [0.25, 0.3) is 11.4 Å². The maximum absolute atomic E-state index is 5.47. The first-order valence-electron chi connectivity index (χ1n) is 6.29. The van der Waals surface area contributed by atoms with Gasteiger partial charge in [-0.15, -0.1) is 0 Å². The Kier molecular flexibility index (Phi) is 3.97. The molecule has 0 bridgehead atoms. The van der Waals surface area contributed by atoms with Crippen molar-refractivity contribution >= 4 is 28.1 Å². The zero-order valence-electron chi connectivity index (χ0n) is 11.9. The van der Waals surface area contributed by atoms with Crippen LogP contribution in [0.1, 0.15) is 23.6 Å². The maximum Gasteiger partial charge on any atom is 0.113 e. The lowest BCUT2D eigenvalue weighted by Gasteiger charge is -2.13. The van der Waals surface area contributed by atoms with E-state index in [9.17, 15) is 0 Å². The fourth-order valence-corrected chi connectivity index (χ4v) is 3.06. The summed E-state index contributed by atoms with van der Waals surface area (Å²) in [5.41, 5.74) is 5.58. The van der Waals surface area contributed by atoms with Crippen molar-refractivity contribution in [2.45, 2.75) is 34.2 Å².